The lowest BCUT2D eigenvalue weighted by Gasteiger charge is -2.19. The molecule has 1 fully saturated rings. The SMILES string of the molecule is CC(Cc1cccs1)NC(C(=O)O)C1CC1. The fourth-order valence-electron chi connectivity index (χ4n) is 1.93. The molecule has 0 amide bonds. The zero-order chi connectivity index (χ0) is 11.5. The fraction of sp³-hybridized carbons (Fsp3) is 0.583. The average Bonchev–Trinajstić information content (AvgIpc) is 2.94. The molecule has 0 aromatic carbocycles. The number of hydrogen-bond donors (Lipinski definition) is 2. The number of rotatable bonds is 6. The molecule has 1 saturated carbocycles. The maximum Gasteiger partial charge on any atom is 0.320 e. The van der Waals surface area contributed by atoms with Crippen molar-refractivity contribution >= 4 is 17.3 Å². The van der Waals surface area contributed by atoms with E-state index < -0.39 is 5.97 Å². The van der Waals surface area contributed by atoms with Crippen molar-refractivity contribution in [3.05, 3.63) is 22.4 Å². The van der Waals surface area contributed by atoms with Crippen LogP contribution in [0.25, 0.3) is 0 Å². The molecule has 0 bridgehead atoms. The Labute approximate surface area is 99.5 Å². The van der Waals surface area contributed by atoms with E-state index in [0.29, 0.717) is 5.92 Å². The maximum absolute atomic E-state index is 11.1. The number of hydrogen-bond acceptors (Lipinski definition) is 3. The predicted octanol–water partition coefficient (Wildman–Crippen LogP) is 2.13. The van der Waals surface area contributed by atoms with Crippen molar-refractivity contribution in [2.24, 2.45) is 5.92 Å². The van der Waals surface area contributed by atoms with Crippen molar-refractivity contribution in [1.29, 1.82) is 0 Å². The number of aliphatic carboxylic acids is 1. The number of thiophene rings is 1. The summed E-state index contributed by atoms with van der Waals surface area (Å²) in [6, 6.07) is 3.99. The number of carboxylic acid groups (broad SMARTS) is 1. The van der Waals surface area contributed by atoms with Gasteiger partial charge in [-0.2, -0.15) is 0 Å². The first-order valence-electron chi connectivity index (χ1n) is 5.68. The van der Waals surface area contributed by atoms with E-state index in [0.717, 1.165) is 19.3 Å². The van der Waals surface area contributed by atoms with E-state index in [-0.39, 0.29) is 12.1 Å². The molecular weight excluding hydrogens is 222 g/mol. The monoisotopic (exact) mass is 239 g/mol. The van der Waals surface area contributed by atoms with Crippen LogP contribution in [-0.4, -0.2) is 23.2 Å². The van der Waals surface area contributed by atoms with Crippen molar-refractivity contribution in [2.75, 3.05) is 0 Å². The number of carboxylic acids is 1. The van der Waals surface area contributed by atoms with Crippen LogP contribution in [0.1, 0.15) is 24.6 Å². The highest BCUT2D eigenvalue weighted by molar-refractivity contribution is 7.09. The molecule has 1 aromatic rings. The Kier molecular flexibility index (Phi) is 3.61. The number of carbonyl (C=O) groups is 1. The summed E-state index contributed by atoms with van der Waals surface area (Å²) in [7, 11) is 0. The summed E-state index contributed by atoms with van der Waals surface area (Å²) in [5.41, 5.74) is 0. The zero-order valence-electron chi connectivity index (χ0n) is 9.35. The molecule has 2 unspecified atom stereocenters. The first-order valence-corrected chi connectivity index (χ1v) is 6.56. The van der Waals surface area contributed by atoms with Crippen LogP contribution >= 0.6 is 11.3 Å². The summed E-state index contributed by atoms with van der Waals surface area (Å²) in [5, 5.41) is 14.4. The molecule has 0 spiro atoms. The highest BCUT2D eigenvalue weighted by Crippen LogP contribution is 2.33. The van der Waals surface area contributed by atoms with Crippen LogP contribution < -0.4 is 5.32 Å². The van der Waals surface area contributed by atoms with Crippen LogP contribution in [0.5, 0.6) is 0 Å². The van der Waals surface area contributed by atoms with Crippen LogP contribution in [0.3, 0.4) is 0 Å². The van der Waals surface area contributed by atoms with E-state index in [1.54, 1.807) is 11.3 Å². The largest absolute Gasteiger partial charge is 0.480 e. The van der Waals surface area contributed by atoms with Crippen molar-refractivity contribution in [3.63, 3.8) is 0 Å². The Morgan fingerprint density at radius 2 is 2.44 bits per heavy atom. The zero-order valence-corrected chi connectivity index (χ0v) is 10.2. The molecule has 0 radical (unpaired) electrons. The summed E-state index contributed by atoms with van der Waals surface area (Å²) < 4.78 is 0. The van der Waals surface area contributed by atoms with Gasteiger partial charge in [-0.15, -0.1) is 11.3 Å². The van der Waals surface area contributed by atoms with Gasteiger partial charge in [0.25, 0.3) is 0 Å². The second-order valence-corrected chi connectivity index (χ2v) is 5.54. The van der Waals surface area contributed by atoms with Gasteiger partial charge in [-0.05, 0) is 43.6 Å². The molecule has 1 aliphatic rings. The average molecular weight is 239 g/mol. The van der Waals surface area contributed by atoms with Crippen molar-refractivity contribution in [1.82, 2.24) is 5.32 Å². The minimum Gasteiger partial charge on any atom is -0.480 e. The van der Waals surface area contributed by atoms with Crippen molar-refractivity contribution in [3.8, 4) is 0 Å². The van der Waals surface area contributed by atoms with Crippen LogP contribution in [0.15, 0.2) is 17.5 Å². The second kappa shape index (κ2) is 4.97. The minimum absolute atomic E-state index is 0.223. The van der Waals surface area contributed by atoms with E-state index in [4.69, 9.17) is 5.11 Å². The van der Waals surface area contributed by atoms with Gasteiger partial charge in [-0.1, -0.05) is 6.07 Å². The molecule has 2 atom stereocenters. The molecule has 2 N–H and O–H groups in total. The molecule has 1 aromatic heterocycles. The van der Waals surface area contributed by atoms with E-state index in [1.807, 2.05) is 6.07 Å². The Bertz CT molecular complexity index is 346. The topological polar surface area (TPSA) is 49.3 Å². The van der Waals surface area contributed by atoms with E-state index >= 15 is 0 Å². The Hall–Kier alpha value is -0.870. The standard InChI is InChI=1S/C12H17NO2S/c1-8(7-10-3-2-6-16-10)13-11(12(14)15)9-4-5-9/h2-3,6,8-9,11,13H,4-5,7H2,1H3,(H,14,15). The number of nitrogens with one attached hydrogen (secondary N) is 1. The van der Waals surface area contributed by atoms with Gasteiger partial charge in [0, 0.05) is 10.9 Å². The molecule has 3 nitrogen and oxygen atoms in total. The molecule has 4 heteroatoms. The molecule has 2 rings (SSSR count). The van der Waals surface area contributed by atoms with Crippen LogP contribution in [0.2, 0.25) is 0 Å². The summed E-state index contributed by atoms with van der Waals surface area (Å²) in [6.45, 7) is 2.05. The first kappa shape index (κ1) is 11.6. The van der Waals surface area contributed by atoms with Gasteiger partial charge < -0.3 is 10.4 Å². The molecule has 1 heterocycles. The summed E-state index contributed by atoms with van der Waals surface area (Å²) >= 11 is 1.72. The predicted molar refractivity (Wildman–Crippen MR) is 64.8 cm³/mol. The first-order chi connectivity index (χ1) is 7.66. The Morgan fingerprint density at radius 1 is 1.69 bits per heavy atom. The van der Waals surface area contributed by atoms with Crippen molar-refractivity contribution < 1.29 is 9.90 Å². The van der Waals surface area contributed by atoms with Gasteiger partial charge >= 0.3 is 5.97 Å². The van der Waals surface area contributed by atoms with E-state index in [9.17, 15) is 4.79 Å². The molecule has 88 valence electrons. The Balaban J connectivity index is 1.85. The highest BCUT2D eigenvalue weighted by atomic mass is 32.1. The second-order valence-electron chi connectivity index (χ2n) is 4.50. The van der Waals surface area contributed by atoms with E-state index in [2.05, 4.69) is 23.7 Å². The molecule has 1 aliphatic carbocycles. The maximum atomic E-state index is 11.1. The minimum atomic E-state index is -0.708. The lowest BCUT2D eigenvalue weighted by Crippen LogP contribution is -2.44. The summed E-state index contributed by atoms with van der Waals surface area (Å²) in [6.07, 6.45) is 3.01. The van der Waals surface area contributed by atoms with Gasteiger partial charge in [0.2, 0.25) is 0 Å². The third kappa shape index (κ3) is 3.06. The van der Waals surface area contributed by atoms with Crippen LogP contribution in [0.4, 0.5) is 0 Å². The molecule has 0 saturated heterocycles. The molecule has 16 heavy (non-hydrogen) atoms. The normalized spacial score (nSPS) is 19.3. The van der Waals surface area contributed by atoms with Gasteiger partial charge in [0.15, 0.2) is 0 Å². The molecule has 0 aliphatic heterocycles. The van der Waals surface area contributed by atoms with E-state index in [1.165, 1.54) is 4.88 Å². The van der Waals surface area contributed by atoms with Gasteiger partial charge in [0.05, 0.1) is 0 Å². The lowest BCUT2D eigenvalue weighted by atomic mass is 10.1. The van der Waals surface area contributed by atoms with Gasteiger partial charge in [-0.25, -0.2) is 0 Å². The fourth-order valence-corrected chi connectivity index (χ4v) is 2.77. The smallest absolute Gasteiger partial charge is 0.320 e. The third-order valence-corrected chi connectivity index (χ3v) is 3.81. The lowest BCUT2D eigenvalue weighted by molar-refractivity contribution is -0.140. The third-order valence-electron chi connectivity index (χ3n) is 2.91. The van der Waals surface area contributed by atoms with Crippen molar-refractivity contribution in [2.45, 2.75) is 38.3 Å². The highest BCUT2D eigenvalue weighted by Gasteiger charge is 2.36. The Morgan fingerprint density at radius 3 is 2.94 bits per heavy atom. The summed E-state index contributed by atoms with van der Waals surface area (Å²) in [5.74, 6) is -0.358. The van der Waals surface area contributed by atoms with Crippen LogP contribution in [-0.2, 0) is 11.2 Å². The molecular formula is C12H17NO2S. The van der Waals surface area contributed by atoms with Gasteiger partial charge in [0.1, 0.15) is 6.04 Å². The van der Waals surface area contributed by atoms with Gasteiger partial charge in [-0.3, -0.25) is 4.79 Å². The van der Waals surface area contributed by atoms with Crippen LogP contribution in [0, 0.1) is 5.92 Å². The quantitative estimate of drug-likeness (QED) is 0.799. The summed E-state index contributed by atoms with van der Waals surface area (Å²) in [4.78, 5) is 12.4.